The van der Waals surface area contributed by atoms with Gasteiger partial charge >= 0.3 is 0 Å². The lowest BCUT2D eigenvalue weighted by Crippen LogP contribution is -2.32. The summed E-state index contributed by atoms with van der Waals surface area (Å²) >= 11 is 0. The third kappa shape index (κ3) is 2.39. The van der Waals surface area contributed by atoms with Crippen molar-refractivity contribution in [3.63, 3.8) is 0 Å². The molecule has 4 nitrogen and oxygen atoms in total. The molecule has 0 saturated heterocycles. The Morgan fingerprint density at radius 3 is 2.85 bits per heavy atom. The number of aliphatic hydroxyl groups is 1. The molecule has 1 aromatic heterocycles. The maximum Gasteiger partial charge on any atom is 0.132 e. The summed E-state index contributed by atoms with van der Waals surface area (Å²) in [5, 5.41) is 8.95. The van der Waals surface area contributed by atoms with Gasteiger partial charge in [-0.3, -0.25) is 0 Å². The number of hydrogen-bond acceptors (Lipinski definition) is 4. The average molecular weight is 181 g/mol. The summed E-state index contributed by atoms with van der Waals surface area (Å²) in [4.78, 5) is 10.2. The van der Waals surface area contributed by atoms with Gasteiger partial charge in [-0.25, -0.2) is 9.97 Å². The fourth-order valence-corrected chi connectivity index (χ4v) is 0.988. The number of aromatic nitrogens is 2. The Balaban J connectivity index is 2.82. The van der Waals surface area contributed by atoms with E-state index < -0.39 is 0 Å². The number of aryl methyl sites for hydroxylation is 1. The van der Waals surface area contributed by atoms with Gasteiger partial charge in [-0.2, -0.15) is 0 Å². The largest absolute Gasteiger partial charge is 0.394 e. The quantitative estimate of drug-likeness (QED) is 0.742. The van der Waals surface area contributed by atoms with Crippen LogP contribution in [0.3, 0.4) is 0 Å². The van der Waals surface area contributed by atoms with Gasteiger partial charge in [0.15, 0.2) is 0 Å². The summed E-state index contributed by atoms with van der Waals surface area (Å²) in [5.41, 5.74) is 0. The molecule has 0 saturated carbocycles. The molecule has 0 aliphatic rings. The van der Waals surface area contributed by atoms with Gasteiger partial charge in [-0.15, -0.1) is 0 Å². The van der Waals surface area contributed by atoms with Crippen LogP contribution in [0.1, 0.15) is 12.7 Å². The zero-order chi connectivity index (χ0) is 9.84. The molecule has 0 aromatic carbocycles. The van der Waals surface area contributed by atoms with Crippen LogP contribution < -0.4 is 4.90 Å². The molecule has 0 unspecified atom stereocenters. The molecule has 0 amide bonds. The van der Waals surface area contributed by atoms with Crippen LogP contribution in [0.2, 0.25) is 0 Å². The smallest absolute Gasteiger partial charge is 0.132 e. The van der Waals surface area contributed by atoms with E-state index in [9.17, 15) is 0 Å². The van der Waals surface area contributed by atoms with Gasteiger partial charge in [-0.05, 0) is 19.9 Å². The van der Waals surface area contributed by atoms with Crippen LogP contribution >= 0.6 is 0 Å². The molecule has 1 aromatic rings. The van der Waals surface area contributed by atoms with Crippen molar-refractivity contribution < 1.29 is 5.11 Å². The van der Waals surface area contributed by atoms with Crippen molar-refractivity contribution in [2.75, 3.05) is 18.6 Å². The Morgan fingerprint density at radius 1 is 1.62 bits per heavy atom. The third-order valence-electron chi connectivity index (χ3n) is 2.05. The molecule has 0 aliphatic carbocycles. The SMILES string of the molecule is Cc1nccc(N(C)[C@@H](C)CO)n1. The molecule has 1 rings (SSSR count). The number of nitrogens with zero attached hydrogens (tertiary/aromatic N) is 3. The Labute approximate surface area is 78.2 Å². The van der Waals surface area contributed by atoms with E-state index in [0.717, 1.165) is 11.6 Å². The fourth-order valence-electron chi connectivity index (χ4n) is 0.988. The van der Waals surface area contributed by atoms with Crippen molar-refractivity contribution in [3.8, 4) is 0 Å². The summed E-state index contributed by atoms with van der Waals surface area (Å²) in [6.07, 6.45) is 1.72. The Kier molecular flexibility index (Phi) is 3.19. The highest BCUT2D eigenvalue weighted by Gasteiger charge is 2.09. The first-order chi connectivity index (χ1) is 6.15. The summed E-state index contributed by atoms with van der Waals surface area (Å²) in [6, 6.07) is 1.91. The standard InChI is InChI=1S/C9H15N3O/c1-7(6-13)12(3)9-4-5-10-8(2)11-9/h4-5,7,13H,6H2,1-3H3/t7-/m0/s1. The van der Waals surface area contributed by atoms with E-state index in [1.54, 1.807) is 6.20 Å². The van der Waals surface area contributed by atoms with Crippen molar-refractivity contribution >= 4 is 5.82 Å². The highest BCUT2D eigenvalue weighted by molar-refractivity contribution is 5.37. The van der Waals surface area contributed by atoms with Crippen LogP contribution in [0.15, 0.2) is 12.3 Å². The van der Waals surface area contributed by atoms with Gasteiger partial charge in [0, 0.05) is 13.2 Å². The highest BCUT2D eigenvalue weighted by Crippen LogP contribution is 2.10. The average Bonchev–Trinajstić information content (AvgIpc) is 2.15. The summed E-state index contributed by atoms with van der Waals surface area (Å²) < 4.78 is 0. The normalized spacial score (nSPS) is 12.6. The molecule has 0 radical (unpaired) electrons. The summed E-state index contributed by atoms with van der Waals surface area (Å²) in [5.74, 6) is 1.59. The van der Waals surface area contributed by atoms with E-state index in [2.05, 4.69) is 9.97 Å². The number of hydrogen-bond donors (Lipinski definition) is 1. The second-order valence-electron chi connectivity index (χ2n) is 3.10. The topological polar surface area (TPSA) is 49.2 Å². The maximum absolute atomic E-state index is 8.95. The van der Waals surface area contributed by atoms with Crippen LogP contribution in [-0.4, -0.2) is 34.8 Å². The highest BCUT2D eigenvalue weighted by atomic mass is 16.3. The lowest BCUT2D eigenvalue weighted by Gasteiger charge is -2.23. The van der Waals surface area contributed by atoms with E-state index in [-0.39, 0.29) is 12.6 Å². The first kappa shape index (κ1) is 9.92. The molecule has 0 bridgehead atoms. The summed E-state index contributed by atoms with van der Waals surface area (Å²) in [7, 11) is 1.91. The van der Waals surface area contributed by atoms with Crippen molar-refractivity contribution in [3.05, 3.63) is 18.1 Å². The zero-order valence-corrected chi connectivity index (χ0v) is 8.23. The second kappa shape index (κ2) is 4.18. The second-order valence-corrected chi connectivity index (χ2v) is 3.10. The molecule has 0 aliphatic heterocycles. The number of rotatable bonds is 3. The van der Waals surface area contributed by atoms with Crippen LogP contribution in [0.5, 0.6) is 0 Å². The van der Waals surface area contributed by atoms with Gasteiger partial charge in [0.2, 0.25) is 0 Å². The Bertz CT molecular complexity index is 277. The van der Waals surface area contributed by atoms with Crippen molar-refractivity contribution in [1.29, 1.82) is 0 Å². The lowest BCUT2D eigenvalue weighted by atomic mass is 10.3. The van der Waals surface area contributed by atoms with E-state index in [1.165, 1.54) is 0 Å². The molecule has 13 heavy (non-hydrogen) atoms. The Morgan fingerprint density at radius 2 is 2.31 bits per heavy atom. The number of likely N-dealkylation sites (N-methyl/N-ethyl adjacent to an activating group) is 1. The molecule has 1 heterocycles. The predicted molar refractivity (Wildman–Crippen MR) is 51.7 cm³/mol. The first-order valence-corrected chi connectivity index (χ1v) is 4.28. The number of aliphatic hydroxyl groups excluding tert-OH is 1. The molecular weight excluding hydrogens is 166 g/mol. The molecule has 4 heteroatoms. The van der Waals surface area contributed by atoms with E-state index >= 15 is 0 Å². The molecule has 1 atom stereocenters. The third-order valence-corrected chi connectivity index (χ3v) is 2.05. The number of anilines is 1. The molecule has 0 fully saturated rings. The minimum atomic E-state index is 0.0781. The van der Waals surface area contributed by atoms with Crippen molar-refractivity contribution in [1.82, 2.24) is 9.97 Å². The minimum absolute atomic E-state index is 0.0781. The van der Waals surface area contributed by atoms with Gasteiger partial charge < -0.3 is 10.0 Å². The lowest BCUT2D eigenvalue weighted by molar-refractivity contribution is 0.269. The maximum atomic E-state index is 8.95. The van der Waals surface area contributed by atoms with Crippen LogP contribution in [0, 0.1) is 6.92 Å². The zero-order valence-electron chi connectivity index (χ0n) is 8.23. The molecular formula is C9H15N3O. The minimum Gasteiger partial charge on any atom is -0.394 e. The van der Waals surface area contributed by atoms with Gasteiger partial charge in [-0.1, -0.05) is 0 Å². The van der Waals surface area contributed by atoms with E-state index in [1.807, 2.05) is 31.9 Å². The first-order valence-electron chi connectivity index (χ1n) is 4.28. The van der Waals surface area contributed by atoms with Gasteiger partial charge in [0.05, 0.1) is 12.6 Å². The van der Waals surface area contributed by atoms with E-state index in [0.29, 0.717) is 0 Å². The van der Waals surface area contributed by atoms with Crippen molar-refractivity contribution in [2.45, 2.75) is 19.9 Å². The monoisotopic (exact) mass is 181 g/mol. The van der Waals surface area contributed by atoms with Crippen LogP contribution in [-0.2, 0) is 0 Å². The molecule has 1 N–H and O–H groups in total. The van der Waals surface area contributed by atoms with Gasteiger partial charge in [0.1, 0.15) is 11.6 Å². The van der Waals surface area contributed by atoms with Gasteiger partial charge in [0.25, 0.3) is 0 Å². The fraction of sp³-hybridized carbons (Fsp3) is 0.556. The predicted octanol–water partition coefficient (Wildman–Crippen LogP) is 0.602. The van der Waals surface area contributed by atoms with Crippen LogP contribution in [0.4, 0.5) is 5.82 Å². The molecule has 72 valence electrons. The van der Waals surface area contributed by atoms with Crippen LogP contribution in [0.25, 0.3) is 0 Å². The van der Waals surface area contributed by atoms with Crippen molar-refractivity contribution in [2.24, 2.45) is 0 Å². The molecule has 0 spiro atoms. The van der Waals surface area contributed by atoms with E-state index in [4.69, 9.17) is 5.11 Å². The summed E-state index contributed by atoms with van der Waals surface area (Å²) in [6.45, 7) is 3.91. The Hall–Kier alpha value is -1.16.